The molecule has 7 nitrogen and oxygen atoms in total. The third-order valence-corrected chi connectivity index (χ3v) is 9.40. The van der Waals surface area contributed by atoms with Crippen molar-refractivity contribution in [1.29, 1.82) is 0 Å². The summed E-state index contributed by atoms with van der Waals surface area (Å²) in [5, 5.41) is 25.5. The molecule has 4 unspecified atom stereocenters. The van der Waals surface area contributed by atoms with E-state index < -0.39 is 6.29 Å². The second-order valence-electron chi connectivity index (χ2n) is 11.3. The van der Waals surface area contributed by atoms with Crippen LogP contribution in [0.1, 0.15) is 51.9 Å². The number of nitrogens with one attached hydrogen (secondary N) is 1. The normalized spacial score (nSPS) is 19.4. The summed E-state index contributed by atoms with van der Waals surface area (Å²) in [5.41, 5.74) is 6.42. The molecule has 4 atom stereocenters. The molecule has 6 rings (SSSR count). The van der Waals surface area contributed by atoms with Crippen LogP contribution in [0.15, 0.2) is 133 Å². The summed E-state index contributed by atoms with van der Waals surface area (Å²) >= 11 is 1.47. The summed E-state index contributed by atoms with van der Waals surface area (Å²) < 4.78 is 14.1. The molecule has 2 heterocycles. The highest BCUT2D eigenvalue weighted by atomic mass is 32.2. The van der Waals surface area contributed by atoms with Gasteiger partial charge in [-0.3, -0.25) is 4.79 Å². The lowest BCUT2D eigenvalue weighted by Gasteiger charge is -2.41. The number of pyridine rings is 1. The molecule has 1 amide bonds. The average Bonchev–Trinajstić information content (AvgIpc) is 3.11. The van der Waals surface area contributed by atoms with Crippen LogP contribution >= 0.6 is 11.8 Å². The number of hydrogen-bond donors (Lipinski definition) is 2. The fourth-order valence-corrected chi connectivity index (χ4v) is 6.72. The Morgan fingerprint density at radius 3 is 2.28 bits per heavy atom. The van der Waals surface area contributed by atoms with Crippen LogP contribution in [0.3, 0.4) is 0 Å². The number of aliphatic hydroxyl groups excluding tert-OH is 1. The molecule has 0 radical (unpaired) electrons. The molecule has 5 aromatic rings. The zero-order valence-corrected chi connectivity index (χ0v) is 26.3. The van der Waals surface area contributed by atoms with Crippen LogP contribution in [0.4, 0.5) is 0 Å². The molecule has 2 N–H and O–H groups in total. The predicted octanol–water partition coefficient (Wildman–Crippen LogP) is 6.99. The number of ether oxygens (including phenoxy) is 2. The van der Waals surface area contributed by atoms with E-state index in [1.807, 2.05) is 84.9 Å². The van der Waals surface area contributed by atoms with E-state index in [4.69, 9.17) is 9.47 Å². The topological polar surface area (TPSA) is 94.7 Å². The van der Waals surface area contributed by atoms with Gasteiger partial charge in [0.15, 0.2) is 12.5 Å². The van der Waals surface area contributed by atoms with Gasteiger partial charge in [-0.15, -0.1) is 0 Å². The molecule has 1 aromatic heterocycles. The van der Waals surface area contributed by atoms with Gasteiger partial charge in [0.2, 0.25) is 0 Å². The minimum Gasteiger partial charge on any atom is -0.618 e. The Morgan fingerprint density at radius 1 is 0.848 bits per heavy atom. The van der Waals surface area contributed by atoms with Crippen molar-refractivity contribution in [3.8, 4) is 11.1 Å². The number of nitrogens with zero attached hydrogens (tertiary/aromatic N) is 1. The van der Waals surface area contributed by atoms with E-state index in [0.29, 0.717) is 22.9 Å². The Labute approximate surface area is 273 Å². The van der Waals surface area contributed by atoms with E-state index >= 15 is 0 Å². The van der Waals surface area contributed by atoms with Crippen molar-refractivity contribution in [1.82, 2.24) is 5.32 Å². The molecule has 1 aliphatic heterocycles. The summed E-state index contributed by atoms with van der Waals surface area (Å²) in [6.45, 7) is 2.49. The van der Waals surface area contributed by atoms with Crippen LogP contribution in [-0.2, 0) is 22.6 Å². The zero-order valence-electron chi connectivity index (χ0n) is 25.5. The predicted molar refractivity (Wildman–Crippen MR) is 179 cm³/mol. The Balaban J connectivity index is 1.21. The Kier molecular flexibility index (Phi) is 10.1. The monoisotopic (exact) mass is 632 g/mol. The second-order valence-corrected chi connectivity index (χ2v) is 12.4. The Bertz CT molecular complexity index is 1750. The second kappa shape index (κ2) is 14.7. The number of hydrogen-bond acceptors (Lipinski definition) is 6. The molecule has 234 valence electrons. The van der Waals surface area contributed by atoms with Crippen molar-refractivity contribution in [2.45, 2.75) is 43.6 Å². The van der Waals surface area contributed by atoms with E-state index in [2.05, 4.69) is 30.4 Å². The van der Waals surface area contributed by atoms with Gasteiger partial charge in [-0.05, 0) is 46.0 Å². The fraction of sp³-hybridized carbons (Fsp3) is 0.211. The Morgan fingerprint density at radius 2 is 1.54 bits per heavy atom. The molecule has 1 aliphatic rings. The number of aliphatic hydroxyl groups is 1. The van der Waals surface area contributed by atoms with Gasteiger partial charge in [-0.25, -0.2) is 0 Å². The highest BCUT2D eigenvalue weighted by Crippen LogP contribution is 2.43. The molecular formula is C38H36N2O5S. The maximum absolute atomic E-state index is 12.7. The summed E-state index contributed by atoms with van der Waals surface area (Å²) in [7, 11) is 0. The molecule has 46 heavy (non-hydrogen) atoms. The van der Waals surface area contributed by atoms with Crippen molar-refractivity contribution in [2.75, 3.05) is 5.75 Å². The first kappa shape index (κ1) is 31.5. The summed E-state index contributed by atoms with van der Waals surface area (Å²) in [6.07, 6.45) is 0.442. The molecule has 4 aromatic carbocycles. The molecule has 1 fully saturated rings. The van der Waals surface area contributed by atoms with Crippen LogP contribution in [0.25, 0.3) is 11.1 Å². The Hall–Kier alpha value is -4.47. The van der Waals surface area contributed by atoms with E-state index in [-0.39, 0.29) is 30.6 Å². The van der Waals surface area contributed by atoms with Crippen LogP contribution in [0.5, 0.6) is 0 Å². The highest BCUT2D eigenvalue weighted by molar-refractivity contribution is 7.99. The van der Waals surface area contributed by atoms with E-state index in [1.165, 1.54) is 18.0 Å². The number of carbonyl (C=O) groups is 1. The lowest BCUT2D eigenvalue weighted by Crippen LogP contribution is -2.39. The van der Waals surface area contributed by atoms with Crippen molar-refractivity contribution in [3.05, 3.63) is 161 Å². The molecule has 0 aliphatic carbocycles. The summed E-state index contributed by atoms with van der Waals surface area (Å²) in [5.74, 6) is 0.473. The number of carbonyl (C=O) groups excluding carboxylic acids is 1. The molecule has 8 heteroatoms. The first-order chi connectivity index (χ1) is 22.5. The lowest BCUT2D eigenvalue weighted by atomic mass is 9.91. The first-order valence-corrected chi connectivity index (χ1v) is 16.3. The SMILES string of the molecule is CC1C(CSc2cccc[n+]2[O-])OC(c2ccc(-c3ccccc3CNC(=O)c3ccccc3)cc2)OC1c1ccc(CO)cc1. The van der Waals surface area contributed by atoms with Crippen molar-refractivity contribution in [3.63, 3.8) is 0 Å². The van der Waals surface area contributed by atoms with E-state index in [1.54, 1.807) is 18.2 Å². The first-order valence-electron chi connectivity index (χ1n) is 15.3. The quantitative estimate of drug-likeness (QED) is 0.0979. The fourth-order valence-electron chi connectivity index (χ4n) is 5.64. The van der Waals surface area contributed by atoms with Gasteiger partial charge in [0.25, 0.3) is 10.9 Å². The zero-order chi connectivity index (χ0) is 31.9. The minimum absolute atomic E-state index is 0.00443. The third kappa shape index (κ3) is 7.32. The number of thioether (sulfide) groups is 1. The standard InChI is InChI=1S/C38H36N2O5S/c1-26-34(25-46-35-13-7-8-22-40(35)43)44-38(45-36(26)29-16-14-27(24-41)15-17-29)31-20-18-28(19-21-31)33-12-6-5-11-32(33)23-39-37(42)30-9-3-2-4-10-30/h2-22,26,34,36,38,41H,23-25H2,1H3,(H,39,42). The third-order valence-electron chi connectivity index (χ3n) is 8.29. The van der Waals surface area contributed by atoms with Crippen molar-refractivity contribution in [2.24, 2.45) is 5.92 Å². The largest absolute Gasteiger partial charge is 0.618 e. The smallest absolute Gasteiger partial charge is 0.251 e. The molecule has 0 bridgehead atoms. The molecular weight excluding hydrogens is 596 g/mol. The van der Waals surface area contributed by atoms with Crippen LogP contribution < -0.4 is 10.0 Å². The minimum atomic E-state index is -0.617. The lowest BCUT2D eigenvalue weighted by molar-refractivity contribution is -0.645. The summed E-state index contributed by atoms with van der Waals surface area (Å²) in [4.78, 5) is 12.7. The molecule has 0 spiro atoms. The number of aromatic nitrogens is 1. The summed E-state index contributed by atoms with van der Waals surface area (Å²) in [6, 6.07) is 38.6. The molecule has 1 saturated heterocycles. The maximum Gasteiger partial charge on any atom is 0.251 e. The van der Waals surface area contributed by atoms with Crippen LogP contribution in [0, 0.1) is 11.1 Å². The van der Waals surface area contributed by atoms with E-state index in [9.17, 15) is 15.1 Å². The van der Waals surface area contributed by atoms with Crippen LogP contribution in [0.2, 0.25) is 0 Å². The van der Waals surface area contributed by atoms with Gasteiger partial charge in [0.05, 0.1) is 18.8 Å². The van der Waals surface area contributed by atoms with Gasteiger partial charge in [0, 0.05) is 41.5 Å². The average molecular weight is 633 g/mol. The highest BCUT2D eigenvalue weighted by Gasteiger charge is 2.38. The van der Waals surface area contributed by atoms with Gasteiger partial charge < -0.3 is 25.1 Å². The maximum atomic E-state index is 12.7. The number of amides is 1. The van der Waals surface area contributed by atoms with E-state index in [0.717, 1.165) is 38.1 Å². The van der Waals surface area contributed by atoms with Crippen molar-refractivity contribution >= 4 is 17.7 Å². The molecule has 0 saturated carbocycles. The van der Waals surface area contributed by atoms with Crippen LogP contribution in [-0.4, -0.2) is 22.9 Å². The van der Waals surface area contributed by atoms with Gasteiger partial charge in [-0.2, -0.15) is 4.73 Å². The number of benzene rings is 4. The van der Waals surface area contributed by atoms with Gasteiger partial charge >= 0.3 is 0 Å². The van der Waals surface area contributed by atoms with Crippen molar-refractivity contribution < 1.29 is 24.1 Å². The number of rotatable bonds is 10. The van der Waals surface area contributed by atoms with Gasteiger partial charge in [0.1, 0.15) is 0 Å². The van der Waals surface area contributed by atoms with Gasteiger partial charge in [-0.1, -0.05) is 110 Å².